The minimum absolute atomic E-state index is 0.253. The molecule has 0 spiro atoms. The number of carbonyl (C=O) groups excluding carboxylic acids is 2. The Balaban J connectivity index is 2.15. The van der Waals surface area contributed by atoms with Crippen molar-refractivity contribution < 1.29 is 28.3 Å². The molecule has 0 aliphatic carbocycles. The molecule has 1 atom stereocenters. The second-order valence-electron chi connectivity index (χ2n) is 10.4. The minimum Gasteiger partial charge on any atom is -0.550 e. The molecule has 190 valence electrons. The number of hydrogen-bond acceptors (Lipinski definition) is 5. The average Bonchev–Trinajstić information content (AvgIpc) is 3.05. The number of carboxylic acids is 1. The molecular weight excluding hydrogens is 418 g/mol. The Morgan fingerprint density at radius 1 is 0.970 bits per heavy atom. The van der Waals surface area contributed by atoms with E-state index in [0.717, 1.165) is 62.9 Å². The van der Waals surface area contributed by atoms with Gasteiger partial charge in [-0.15, -0.1) is 0 Å². The van der Waals surface area contributed by atoms with E-state index in [1.807, 2.05) is 21.1 Å². The van der Waals surface area contributed by atoms with E-state index >= 15 is 0 Å². The molecular formula is C27H47NO5. The Bertz CT molecular complexity index is 689. The molecule has 6 heteroatoms. The molecule has 1 heterocycles. The Morgan fingerprint density at radius 2 is 1.58 bits per heavy atom. The van der Waals surface area contributed by atoms with Crippen LogP contribution in [0.2, 0.25) is 0 Å². The third-order valence-electron chi connectivity index (χ3n) is 5.83. The number of furan rings is 1. The number of aryl methyl sites for hydroxylation is 3. The van der Waals surface area contributed by atoms with E-state index in [4.69, 9.17) is 9.15 Å². The van der Waals surface area contributed by atoms with Gasteiger partial charge in [0, 0.05) is 31.7 Å². The number of esters is 1. The SMILES string of the molecule is CCCCCCc1cc(C)c(CCCCCCCCC(=O)OC(CC(=O)[O-])C[N+](C)(C)C)o1. The van der Waals surface area contributed by atoms with Gasteiger partial charge in [0.15, 0.2) is 6.10 Å². The summed E-state index contributed by atoms with van der Waals surface area (Å²) in [4.78, 5) is 23.0. The van der Waals surface area contributed by atoms with Gasteiger partial charge in [-0.3, -0.25) is 4.79 Å². The lowest BCUT2D eigenvalue weighted by atomic mass is 10.1. The fourth-order valence-electron chi connectivity index (χ4n) is 4.13. The van der Waals surface area contributed by atoms with Crippen LogP contribution in [0, 0.1) is 6.92 Å². The van der Waals surface area contributed by atoms with Gasteiger partial charge in [0.2, 0.25) is 0 Å². The predicted octanol–water partition coefficient (Wildman–Crippen LogP) is 4.74. The highest BCUT2D eigenvalue weighted by Crippen LogP contribution is 2.20. The lowest BCUT2D eigenvalue weighted by Crippen LogP contribution is -2.45. The normalized spacial score (nSPS) is 12.6. The lowest BCUT2D eigenvalue weighted by Gasteiger charge is -2.29. The quantitative estimate of drug-likeness (QED) is 0.167. The van der Waals surface area contributed by atoms with Gasteiger partial charge in [0.1, 0.15) is 18.1 Å². The molecule has 1 aromatic heterocycles. The Labute approximate surface area is 201 Å². The van der Waals surface area contributed by atoms with E-state index < -0.39 is 12.1 Å². The van der Waals surface area contributed by atoms with Crippen molar-refractivity contribution in [3.63, 3.8) is 0 Å². The van der Waals surface area contributed by atoms with Crippen molar-refractivity contribution in [2.45, 2.75) is 110 Å². The number of carboxylic acid groups (broad SMARTS) is 1. The zero-order valence-corrected chi connectivity index (χ0v) is 21.7. The van der Waals surface area contributed by atoms with Crippen LogP contribution in [0.25, 0.3) is 0 Å². The van der Waals surface area contributed by atoms with E-state index in [1.54, 1.807) is 0 Å². The van der Waals surface area contributed by atoms with Crippen molar-refractivity contribution in [3.05, 3.63) is 23.2 Å². The average molecular weight is 466 g/mol. The largest absolute Gasteiger partial charge is 0.550 e. The summed E-state index contributed by atoms with van der Waals surface area (Å²) in [5, 5.41) is 10.9. The molecule has 0 N–H and O–H groups in total. The highest BCUT2D eigenvalue weighted by Gasteiger charge is 2.22. The first-order chi connectivity index (χ1) is 15.6. The van der Waals surface area contributed by atoms with Crippen LogP contribution >= 0.6 is 0 Å². The maximum Gasteiger partial charge on any atom is 0.306 e. The van der Waals surface area contributed by atoms with Crippen LogP contribution in [0.3, 0.4) is 0 Å². The zero-order valence-electron chi connectivity index (χ0n) is 21.7. The molecule has 0 aromatic carbocycles. The lowest BCUT2D eigenvalue weighted by molar-refractivity contribution is -0.873. The monoisotopic (exact) mass is 465 g/mol. The molecule has 0 amide bonds. The van der Waals surface area contributed by atoms with Gasteiger partial charge < -0.3 is 23.5 Å². The molecule has 1 aromatic rings. The fourth-order valence-corrected chi connectivity index (χ4v) is 4.13. The highest BCUT2D eigenvalue weighted by molar-refractivity contribution is 5.70. The van der Waals surface area contributed by atoms with Crippen LogP contribution in [0.5, 0.6) is 0 Å². The second kappa shape index (κ2) is 15.9. The molecule has 1 rings (SSSR count). The number of hydrogen-bond donors (Lipinski definition) is 0. The summed E-state index contributed by atoms with van der Waals surface area (Å²) >= 11 is 0. The summed E-state index contributed by atoms with van der Waals surface area (Å²) in [5.74, 6) is 0.778. The number of rotatable bonds is 19. The fraction of sp³-hybridized carbons (Fsp3) is 0.778. The topological polar surface area (TPSA) is 79.6 Å². The standard InChI is InChI=1S/C27H47NO5/c1-6-7-8-13-16-23-19-22(2)25(32-23)17-14-11-9-10-12-15-18-27(31)33-24(20-26(29)30)21-28(3,4)5/h19,24H,6-18,20-21H2,1-5H3. The van der Waals surface area contributed by atoms with E-state index in [9.17, 15) is 14.7 Å². The van der Waals surface area contributed by atoms with Crippen LogP contribution < -0.4 is 5.11 Å². The zero-order chi connectivity index (χ0) is 24.7. The van der Waals surface area contributed by atoms with E-state index in [1.165, 1.54) is 31.2 Å². The number of ether oxygens (including phenoxy) is 1. The summed E-state index contributed by atoms with van der Waals surface area (Å²) in [7, 11) is 5.82. The van der Waals surface area contributed by atoms with E-state index in [-0.39, 0.29) is 12.4 Å². The maximum absolute atomic E-state index is 12.1. The van der Waals surface area contributed by atoms with Crippen LogP contribution in [0.1, 0.15) is 101 Å². The van der Waals surface area contributed by atoms with E-state index in [2.05, 4.69) is 19.9 Å². The summed E-state index contributed by atoms with van der Waals surface area (Å²) in [6, 6.07) is 2.21. The van der Waals surface area contributed by atoms with Crippen molar-refractivity contribution in [2.24, 2.45) is 0 Å². The van der Waals surface area contributed by atoms with Gasteiger partial charge in [-0.2, -0.15) is 0 Å². The van der Waals surface area contributed by atoms with Crippen molar-refractivity contribution in [2.75, 3.05) is 27.7 Å². The van der Waals surface area contributed by atoms with Crippen molar-refractivity contribution in [3.8, 4) is 0 Å². The minimum atomic E-state index is -1.19. The second-order valence-corrected chi connectivity index (χ2v) is 10.4. The molecule has 0 radical (unpaired) electrons. The first-order valence-electron chi connectivity index (χ1n) is 12.9. The molecule has 0 fully saturated rings. The molecule has 0 aliphatic heterocycles. The van der Waals surface area contributed by atoms with Crippen LogP contribution in [0.4, 0.5) is 0 Å². The smallest absolute Gasteiger partial charge is 0.306 e. The molecule has 33 heavy (non-hydrogen) atoms. The van der Waals surface area contributed by atoms with Crippen molar-refractivity contribution in [1.82, 2.24) is 0 Å². The predicted molar refractivity (Wildman–Crippen MR) is 130 cm³/mol. The third-order valence-corrected chi connectivity index (χ3v) is 5.83. The van der Waals surface area contributed by atoms with Crippen LogP contribution in [-0.4, -0.2) is 50.2 Å². The molecule has 6 nitrogen and oxygen atoms in total. The molecule has 0 saturated heterocycles. The van der Waals surface area contributed by atoms with Gasteiger partial charge in [-0.25, -0.2) is 0 Å². The van der Waals surface area contributed by atoms with Crippen LogP contribution in [0.15, 0.2) is 10.5 Å². The summed E-state index contributed by atoms with van der Waals surface area (Å²) < 4.78 is 12.0. The van der Waals surface area contributed by atoms with Gasteiger partial charge >= 0.3 is 5.97 Å². The first-order valence-corrected chi connectivity index (χ1v) is 12.9. The van der Waals surface area contributed by atoms with Gasteiger partial charge in [0.05, 0.1) is 21.1 Å². The van der Waals surface area contributed by atoms with Crippen LogP contribution in [-0.2, 0) is 27.2 Å². The Morgan fingerprint density at radius 3 is 2.21 bits per heavy atom. The van der Waals surface area contributed by atoms with Crippen molar-refractivity contribution >= 4 is 11.9 Å². The number of quaternary nitrogens is 1. The summed E-state index contributed by atoms with van der Waals surface area (Å²) in [5.41, 5.74) is 1.28. The third kappa shape index (κ3) is 14.8. The van der Waals surface area contributed by atoms with Gasteiger partial charge in [-0.1, -0.05) is 51.9 Å². The first kappa shape index (κ1) is 29.2. The number of nitrogens with zero attached hydrogens (tertiary/aromatic N) is 1. The Kier molecular flexibility index (Phi) is 14.1. The highest BCUT2D eigenvalue weighted by atomic mass is 16.5. The number of unbranched alkanes of at least 4 members (excludes halogenated alkanes) is 8. The maximum atomic E-state index is 12.1. The Hall–Kier alpha value is -1.82. The number of carbonyl (C=O) groups is 2. The molecule has 0 bridgehead atoms. The number of aliphatic carboxylic acids is 1. The van der Waals surface area contributed by atoms with Gasteiger partial charge in [-0.05, 0) is 37.8 Å². The summed E-state index contributed by atoms with van der Waals surface area (Å²) in [6.45, 7) is 4.83. The molecule has 0 saturated carbocycles. The molecule has 0 aliphatic rings. The summed E-state index contributed by atoms with van der Waals surface area (Å²) in [6.07, 6.45) is 12.8. The van der Waals surface area contributed by atoms with Gasteiger partial charge in [0.25, 0.3) is 0 Å². The number of likely N-dealkylation sites (N-methyl/N-ethyl adjacent to an activating group) is 1. The van der Waals surface area contributed by atoms with E-state index in [0.29, 0.717) is 17.4 Å². The van der Waals surface area contributed by atoms with Crippen molar-refractivity contribution in [1.29, 1.82) is 0 Å². The molecule has 1 unspecified atom stereocenters.